The number of benzene rings is 4. The van der Waals surface area contributed by atoms with Crippen LogP contribution < -0.4 is 5.32 Å². The van der Waals surface area contributed by atoms with Crippen molar-refractivity contribution in [3.63, 3.8) is 0 Å². The number of carbonyl (C=O) groups is 1. The summed E-state index contributed by atoms with van der Waals surface area (Å²) < 4.78 is 0. The van der Waals surface area contributed by atoms with Crippen LogP contribution in [0.3, 0.4) is 0 Å². The topological polar surface area (TPSA) is 83.8 Å². The Balaban J connectivity index is 1.54. The van der Waals surface area contributed by atoms with Crippen LogP contribution in [0.15, 0.2) is 132 Å². The largest absolute Gasteiger partial charge is 0.476 e. The second kappa shape index (κ2) is 11.5. The Morgan fingerprint density at radius 2 is 1.26 bits per heavy atom. The third-order valence-electron chi connectivity index (χ3n) is 6.05. The van der Waals surface area contributed by atoms with E-state index in [1.165, 1.54) is 11.3 Å². The average molecular weight is 520 g/mol. The van der Waals surface area contributed by atoms with Gasteiger partial charge in [-0.25, -0.2) is 9.78 Å². The van der Waals surface area contributed by atoms with Crippen LogP contribution in [0.25, 0.3) is 0 Å². The zero-order chi connectivity index (χ0) is 26.2. The summed E-state index contributed by atoms with van der Waals surface area (Å²) in [5.74, 6) is -1.23. The van der Waals surface area contributed by atoms with E-state index in [1.807, 2.05) is 121 Å². The Morgan fingerprint density at radius 1 is 0.789 bits per heavy atom. The van der Waals surface area contributed by atoms with Crippen molar-refractivity contribution in [2.24, 2.45) is 5.16 Å². The molecule has 0 aliphatic heterocycles. The van der Waals surface area contributed by atoms with Gasteiger partial charge in [0.2, 0.25) is 11.3 Å². The standard InChI is InChI=1S/C31H25N3O3S/c35-29(36)28(27-22-38-30(33-27)32-21-23-13-5-1-6-14-23)34-37-31(24-15-7-2-8-16-24,25-17-9-3-10-18-25)26-19-11-4-12-20-26/h1-20,22H,21H2,(H,32,33)(H,35,36). The van der Waals surface area contributed by atoms with E-state index >= 15 is 0 Å². The van der Waals surface area contributed by atoms with Gasteiger partial charge in [-0.2, -0.15) is 0 Å². The van der Waals surface area contributed by atoms with Gasteiger partial charge in [-0.3, -0.25) is 0 Å². The predicted molar refractivity (Wildman–Crippen MR) is 150 cm³/mol. The Hall–Kier alpha value is -4.75. The number of carboxylic acid groups (broad SMARTS) is 1. The number of anilines is 1. The van der Waals surface area contributed by atoms with Crippen molar-refractivity contribution in [1.29, 1.82) is 0 Å². The van der Waals surface area contributed by atoms with Crippen LogP contribution in [0.1, 0.15) is 27.9 Å². The second-order valence-corrected chi connectivity index (χ2v) is 9.35. The molecule has 0 saturated heterocycles. The number of nitrogens with zero attached hydrogens (tertiary/aromatic N) is 2. The van der Waals surface area contributed by atoms with E-state index in [9.17, 15) is 9.90 Å². The lowest BCUT2D eigenvalue weighted by Gasteiger charge is -2.33. The number of aromatic nitrogens is 1. The Bertz CT molecular complexity index is 1410. The summed E-state index contributed by atoms with van der Waals surface area (Å²) in [6, 6.07) is 38.9. The van der Waals surface area contributed by atoms with Crippen molar-refractivity contribution in [2.45, 2.75) is 12.1 Å². The van der Waals surface area contributed by atoms with Gasteiger partial charge in [0.1, 0.15) is 5.69 Å². The maximum absolute atomic E-state index is 12.3. The number of carboxylic acids is 1. The molecule has 0 unspecified atom stereocenters. The number of oxime groups is 1. The first-order chi connectivity index (χ1) is 18.7. The summed E-state index contributed by atoms with van der Waals surface area (Å²) in [6.45, 7) is 0.572. The molecule has 6 nitrogen and oxygen atoms in total. The summed E-state index contributed by atoms with van der Waals surface area (Å²) in [6.07, 6.45) is 0. The first kappa shape index (κ1) is 24.9. The lowest BCUT2D eigenvalue weighted by Crippen LogP contribution is -2.32. The zero-order valence-electron chi connectivity index (χ0n) is 20.4. The van der Waals surface area contributed by atoms with E-state index in [4.69, 9.17) is 4.84 Å². The van der Waals surface area contributed by atoms with Gasteiger partial charge >= 0.3 is 5.97 Å². The van der Waals surface area contributed by atoms with Gasteiger partial charge in [-0.15, -0.1) is 11.3 Å². The van der Waals surface area contributed by atoms with Crippen LogP contribution >= 0.6 is 11.3 Å². The highest BCUT2D eigenvalue weighted by atomic mass is 32.1. The molecule has 188 valence electrons. The van der Waals surface area contributed by atoms with Crippen molar-refractivity contribution in [1.82, 2.24) is 4.98 Å². The smallest absolute Gasteiger partial charge is 0.360 e. The van der Waals surface area contributed by atoms with E-state index in [0.717, 1.165) is 22.3 Å². The number of thiazole rings is 1. The molecule has 0 atom stereocenters. The molecule has 0 spiro atoms. The second-order valence-electron chi connectivity index (χ2n) is 8.49. The summed E-state index contributed by atoms with van der Waals surface area (Å²) in [4.78, 5) is 23.2. The summed E-state index contributed by atoms with van der Waals surface area (Å²) in [5, 5.41) is 19.9. The van der Waals surface area contributed by atoms with Gasteiger partial charge < -0.3 is 15.3 Å². The number of rotatable bonds is 10. The van der Waals surface area contributed by atoms with Crippen molar-refractivity contribution in [3.05, 3.63) is 155 Å². The fourth-order valence-electron chi connectivity index (χ4n) is 4.22. The Labute approximate surface area is 224 Å². The molecule has 7 heteroatoms. The van der Waals surface area contributed by atoms with Crippen molar-refractivity contribution in [3.8, 4) is 0 Å². The predicted octanol–water partition coefficient (Wildman–Crippen LogP) is 6.55. The summed E-state index contributed by atoms with van der Waals surface area (Å²) in [7, 11) is 0. The number of hydrogen-bond acceptors (Lipinski definition) is 6. The fourth-order valence-corrected chi connectivity index (χ4v) is 4.92. The minimum atomic E-state index is -1.23. The third kappa shape index (κ3) is 5.33. The van der Waals surface area contributed by atoms with Crippen LogP contribution in [-0.2, 0) is 21.8 Å². The fraction of sp³-hybridized carbons (Fsp3) is 0.0645. The number of hydrogen-bond donors (Lipinski definition) is 2. The van der Waals surface area contributed by atoms with Crippen molar-refractivity contribution < 1.29 is 14.7 Å². The molecule has 5 aromatic rings. The van der Waals surface area contributed by atoms with E-state index in [0.29, 0.717) is 11.7 Å². The van der Waals surface area contributed by atoms with E-state index < -0.39 is 11.6 Å². The van der Waals surface area contributed by atoms with Crippen molar-refractivity contribution in [2.75, 3.05) is 5.32 Å². The molecule has 0 fully saturated rings. The van der Waals surface area contributed by atoms with Crippen LogP contribution in [0.5, 0.6) is 0 Å². The molecule has 0 saturated carbocycles. The molecule has 2 N–H and O–H groups in total. The quantitative estimate of drug-likeness (QED) is 0.124. The molecule has 0 aliphatic carbocycles. The first-order valence-corrected chi connectivity index (χ1v) is 12.9. The molecule has 4 aromatic carbocycles. The van der Waals surface area contributed by atoms with E-state index in [-0.39, 0.29) is 11.4 Å². The van der Waals surface area contributed by atoms with Gasteiger partial charge in [0.25, 0.3) is 0 Å². The van der Waals surface area contributed by atoms with E-state index in [2.05, 4.69) is 15.5 Å². The van der Waals surface area contributed by atoms with Gasteiger partial charge in [0.15, 0.2) is 5.13 Å². The van der Waals surface area contributed by atoms with Gasteiger partial charge in [0.05, 0.1) is 0 Å². The number of nitrogens with one attached hydrogen (secondary N) is 1. The molecule has 1 heterocycles. The van der Waals surface area contributed by atoms with Crippen LogP contribution in [0, 0.1) is 0 Å². The molecule has 0 amide bonds. The Kier molecular flexibility index (Phi) is 7.57. The Morgan fingerprint density at radius 3 is 1.74 bits per heavy atom. The monoisotopic (exact) mass is 519 g/mol. The SMILES string of the molecule is O=C(O)C(=NOC(c1ccccc1)(c1ccccc1)c1ccccc1)c1csc(NCc2ccccc2)n1. The van der Waals surface area contributed by atoms with Crippen LogP contribution in [-0.4, -0.2) is 21.8 Å². The van der Waals surface area contributed by atoms with Crippen molar-refractivity contribution >= 4 is 28.1 Å². The normalized spacial score (nSPS) is 11.6. The molecular weight excluding hydrogens is 494 g/mol. The minimum Gasteiger partial charge on any atom is -0.476 e. The van der Waals surface area contributed by atoms with Crippen LogP contribution in [0.2, 0.25) is 0 Å². The zero-order valence-corrected chi connectivity index (χ0v) is 21.2. The highest BCUT2D eigenvalue weighted by molar-refractivity contribution is 7.14. The number of aliphatic carboxylic acids is 1. The van der Waals surface area contributed by atoms with Gasteiger partial charge in [-0.1, -0.05) is 126 Å². The molecular formula is C31H25N3O3S. The molecule has 1 aromatic heterocycles. The summed E-state index contributed by atoms with van der Waals surface area (Å²) >= 11 is 1.32. The highest BCUT2D eigenvalue weighted by Crippen LogP contribution is 2.40. The highest BCUT2D eigenvalue weighted by Gasteiger charge is 2.40. The lowest BCUT2D eigenvalue weighted by molar-refractivity contribution is -0.129. The average Bonchev–Trinajstić information content (AvgIpc) is 3.45. The molecule has 0 radical (unpaired) electrons. The molecule has 0 aliphatic rings. The molecule has 38 heavy (non-hydrogen) atoms. The minimum absolute atomic E-state index is 0.223. The maximum atomic E-state index is 12.3. The van der Waals surface area contributed by atoms with Gasteiger partial charge in [-0.05, 0) is 5.56 Å². The third-order valence-corrected chi connectivity index (χ3v) is 6.85. The van der Waals surface area contributed by atoms with Gasteiger partial charge in [0, 0.05) is 28.6 Å². The molecule has 5 rings (SSSR count). The lowest BCUT2D eigenvalue weighted by atomic mass is 9.80. The van der Waals surface area contributed by atoms with E-state index in [1.54, 1.807) is 5.38 Å². The summed E-state index contributed by atoms with van der Waals surface area (Å²) in [5.41, 5.74) is 2.30. The van der Waals surface area contributed by atoms with Crippen LogP contribution in [0.4, 0.5) is 5.13 Å². The maximum Gasteiger partial charge on any atom is 0.360 e. The molecule has 0 bridgehead atoms. The first-order valence-electron chi connectivity index (χ1n) is 12.1.